The molecule has 0 spiro atoms. The monoisotopic (exact) mass is 672 g/mol. The fourth-order valence-corrected chi connectivity index (χ4v) is 6.41. The number of thioether (sulfide) groups is 1. The van der Waals surface area contributed by atoms with Gasteiger partial charge in [0.2, 0.25) is 5.95 Å². The van der Waals surface area contributed by atoms with Gasteiger partial charge in [0.15, 0.2) is 0 Å². The lowest BCUT2D eigenvalue weighted by Crippen LogP contribution is -2.38. The number of nitrogens with two attached hydrogens (primary N) is 1. The smallest absolute Gasteiger partial charge is 0.335 e. The molecule has 2 aliphatic heterocycles. The molecule has 0 aliphatic carbocycles. The summed E-state index contributed by atoms with van der Waals surface area (Å²) in [5.41, 5.74) is 9.69. The summed E-state index contributed by atoms with van der Waals surface area (Å²) in [7, 11) is 0. The Morgan fingerprint density at radius 2 is 1.81 bits per heavy atom. The highest BCUT2D eigenvalue weighted by Crippen LogP contribution is 2.36. The summed E-state index contributed by atoms with van der Waals surface area (Å²) < 4.78 is 17.9. The number of anilines is 1. The van der Waals surface area contributed by atoms with Crippen molar-refractivity contribution in [3.05, 3.63) is 77.0 Å². The molecular weight excluding hydrogens is 641 g/mol. The van der Waals surface area contributed by atoms with Crippen molar-refractivity contribution in [3.8, 4) is 22.6 Å². The van der Waals surface area contributed by atoms with E-state index in [1.165, 1.54) is 23.9 Å². The van der Waals surface area contributed by atoms with Gasteiger partial charge >= 0.3 is 5.97 Å². The maximum atomic E-state index is 13.5. The largest absolute Gasteiger partial charge is 0.494 e. The van der Waals surface area contributed by atoms with Gasteiger partial charge in [0, 0.05) is 43.5 Å². The van der Waals surface area contributed by atoms with Crippen molar-refractivity contribution < 1.29 is 28.9 Å². The lowest BCUT2D eigenvalue weighted by molar-refractivity contribution is -0.122. The minimum atomic E-state index is -0.997. The van der Waals surface area contributed by atoms with Crippen LogP contribution in [0.4, 0.5) is 5.95 Å². The van der Waals surface area contributed by atoms with E-state index >= 15 is 0 Å². The molecule has 0 saturated carbocycles. The lowest BCUT2D eigenvalue weighted by Gasteiger charge is -2.26. The number of carbonyl (C=O) groups is 2. The molecule has 4 aromatic rings. The van der Waals surface area contributed by atoms with Crippen LogP contribution >= 0.6 is 24.0 Å². The SMILES string of the molecule is Nc1ncc2ncc(-c3ccc(OCCN4CCOCC4)c(C=C4SC(=S)N(CCCOc5ccc(C(=O)O)cc5)C4=O)c3)cc2n1. The molecule has 0 unspecified atom stereocenters. The molecule has 2 aromatic carbocycles. The van der Waals surface area contributed by atoms with Gasteiger partial charge in [-0.1, -0.05) is 30.0 Å². The molecule has 4 heterocycles. The highest BCUT2D eigenvalue weighted by atomic mass is 32.2. The zero-order chi connectivity index (χ0) is 32.8. The Morgan fingerprint density at radius 3 is 2.60 bits per heavy atom. The molecule has 3 N–H and O–H groups in total. The van der Waals surface area contributed by atoms with Gasteiger partial charge < -0.3 is 25.1 Å². The highest BCUT2D eigenvalue weighted by molar-refractivity contribution is 8.26. The van der Waals surface area contributed by atoms with Gasteiger partial charge in [0.05, 0.1) is 42.0 Å². The zero-order valence-corrected chi connectivity index (χ0v) is 27.0. The summed E-state index contributed by atoms with van der Waals surface area (Å²) in [6.45, 7) is 5.11. The predicted octanol–water partition coefficient (Wildman–Crippen LogP) is 4.35. The van der Waals surface area contributed by atoms with Crippen LogP contribution in [0.25, 0.3) is 28.2 Å². The summed E-state index contributed by atoms with van der Waals surface area (Å²) in [5.74, 6) is 0.191. The van der Waals surface area contributed by atoms with E-state index in [2.05, 4.69) is 19.9 Å². The van der Waals surface area contributed by atoms with Crippen LogP contribution in [0.3, 0.4) is 0 Å². The van der Waals surface area contributed by atoms with Gasteiger partial charge in [0.25, 0.3) is 5.91 Å². The molecule has 2 saturated heterocycles. The number of nitrogens with zero attached hydrogens (tertiary/aromatic N) is 5. The van der Waals surface area contributed by atoms with Crippen LogP contribution in [0.5, 0.6) is 11.5 Å². The minimum absolute atomic E-state index is 0.170. The third kappa shape index (κ3) is 8.03. The Bertz CT molecular complexity index is 1830. The number of amides is 1. The first-order chi connectivity index (χ1) is 22.8. The van der Waals surface area contributed by atoms with E-state index in [-0.39, 0.29) is 17.4 Å². The van der Waals surface area contributed by atoms with Gasteiger partial charge in [-0.25, -0.2) is 14.8 Å². The maximum Gasteiger partial charge on any atom is 0.335 e. The van der Waals surface area contributed by atoms with E-state index in [0.29, 0.717) is 71.2 Å². The number of rotatable bonds is 12. The van der Waals surface area contributed by atoms with Gasteiger partial charge in [-0.15, -0.1) is 0 Å². The number of nitrogen functional groups attached to an aromatic ring is 1. The van der Waals surface area contributed by atoms with E-state index in [4.69, 9.17) is 37.3 Å². The van der Waals surface area contributed by atoms with Crippen LogP contribution in [0.15, 0.2) is 65.8 Å². The number of ether oxygens (including phenoxy) is 3. The number of morpholine rings is 1. The van der Waals surface area contributed by atoms with Crippen LogP contribution in [0.1, 0.15) is 22.3 Å². The lowest BCUT2D eigenvalue weighted by atomic mass is 10.0. The Morgan fingerprint density at radius 1 is 1.00 bits per heavy atom. The molecule has 1 amide bonds. The summed E-state index contributed by atoms with van der Waals surface area (Å²) in [6.07, 6.45) is 5.70. The van der Waals surface area contributed by atoms with Crippen LogP contribution < -0.4 is 15.2 Å². The summed E-state index contributed by atoms with van der Waals surface area (Å²) in [6, 6.07) is 13.9. The van der Waals surface area contributed by atoms with Crippen LogP contribution in [0.2, 0.25) is 0 Å². The van der Waals surface area contributed by atoms with Crippen molar-refractivity contribution in [1.82, 2.24) is 24.8 Å². The average Bonchev–Trinajstić information content (AvgIpc) is 3.34. The number of hydrogen-bond acceptors (Lipinski definition) is 12. The number of hydrogen-bond donors (Lipinski definition) is 2. The molecular formula is C33H32N6O6S2. The Labute approximate surface area is 280 Å². The number of carboxylic acid groups (broad SMARTS) is 1. The van der Waals surface area contributed by atoms with Gasteiger partial charge in [0.1, 0.15) is 27.9 Å². The van der Waals surface area contributed by atoms with Crippen molar-refractivity contribution in [2.45, 2.75) is 6.42 Å². The molecule has 0 atom stereocenters. The number of carbonyl (C=O) groups excluding carboxylic acids is 1. The highest BCUT2D eigenvalue weighted by Gasteiger charge is 2.32. The average molecular weight is 673 g/mol. The molecule has 14 heteroatoms. The Balaban J connectivity index is 1.18. The second-order valence-electron chi connectivity index (χ2n) is 10.8. The molecule has 47 heavy (non-hydrogen) atoms. The normalized spacial score (nSPS) is 16.3. The van der Waals surface area contributed by atoms with E-state index in [1.807, 2.05) is 30.3 Å². The first kappa shape index (κ1) is 32.3. The Kier molecular flexibility index (Phi) is 10.2. The van der Waals surface area contributed by atoms with Crippen molar-refractivity contribution in [1.29, 1.82) is 0 Å². The van der Waals surface area contributed by atoms with Crippen molar-refractivity contribution in [2.75, 3.05) is 58.3 Å². The van der Waals surface area contributed by atoms with E-state index < -0.39 is 5.97 Å². The zero-order valence-electron chi connectivity index (χ0n) is 25.3. The fraction of sp³-hybridized carbons (Fsp3) is 0.273. The van der Waals surface area contributed by atoms with Crippen LogP contribution in [-0.4, -0.2) is 98.7 Å². The standard InChI is InChI=1S/C33H32N6O6S2/c34-32-36-20-27-26(37-32)17-24(19-35-27)22-4-7-28(45-15-11-38-9-13-43-14-10-38)23(16-22)18-29-30(40)39(33(46)47-29)8-1-12-44-25-5-2-21(3-6-25)31(41)42/h2-7,16-20H,1,8-15H2,(H,41,42)(H2,34,36,37). The molecule has 2 aromatic heterocycles. The third-order valence-electron chi connectivity index (χ3n) is 7.62. The van der Waals surface area contributed by atoms with Crippen LogP contribution in [0, 0.1) is 0 Å². The van der Waals surface area contributed by atoms with E-state index in [1.54, 1.807) is 29.4 Å². The number of aromatic nitrogens is 3. The number of fused-ring (bicyclic) bond motifs is 1. The number of thiocarbonyl (C=S) groups is 1. The first-order valence-electron chi connectivity index (χ1n) is 15.0. The van der Waals surface area contributed by atoms with Crippen molar-refractivity contribution >= 4 is 63.2 Å². The predicted molar refractivity (Wildman–Crippen MR) is 183 cm³/mol. The molecule has 0 radical (unpaired) electrons. The van der Waals surface area contributed by atoms with E-state index in [9.17, 15) is 9.59 Å². The number of carboxylic acids is 1. The van der Waals surface area contributed by atoms with E-state index in [0.717, 1.165) is 36.3 Å². The topological polar surface area (TPSA) is 153 Å². The molecule has 2 aliphatic rings. The second kappa shape index (κ2) is 14.9. The third-order valence-corrected chi connectivity index (χ3v) is 9.00. The molecule has 12 nitrogen and oxygen atoms in total. The summed E-state index contributed by atoms with van der Waals surface area (Å²) >= 11 is 6.83. The number of benzene rings is 2. The maximum absolute atomic E-state index is 13.5. The Hall–Kier alpha value is -4.63. The first-order valence-corrected chi connectivity index (χ1v) is 16.2. The quantitative estimate of drug-likeness (QED) is 0.125. The van der Waals surface area contributed by atoms with Gasteiger partial charge in [-0.2, -0.15) is 0 Å². The summed E-state index contributed by atoms with van der Waals surface area (Å²) in [5, 5.41) is 9.07. The molecule has 6 rings (SSSR count). The molecule has 242 valence electrons. The van der Waals surface area contributed by atoms with Gasteiger partial charge in [-0.05, 0) is 60.5 Å². The van der Waals surface area contributed by atoms with Crippen molar-refractivity contribution in [3.63, 3.8) is 0 Å². The van der Waals surface area contributed by atoms with Crippen LogP contribution in [-0.2, 0) is 9.53 Å². The second-order valence-corrected chi connectivity index (χ2v) is 12.5. The number of pyridine rings is 1. The fourth-order valence-electron chi connectivity index (χ4n) is 5.11. The minimum Gasteiger partial charge on any atom is -0.494 e. The molecule has 0 bridgehead atoms. The van der Waals surface area contributed by atoms with Gasteiger partial charge in [-0.3, -0.25) is 19.6 Å². The van der Waals surface area contributed by atoms with Crippen molar-refractivity contribution in [2.24, 2.45) is 0 Å². The molecule has 2 fully saturated rings. The summed E-state index contributed by atoms with van der Waals surface area (Å²) in [4.78, 5) is 41.8. The number of aromatic carboxylic acids is 1.